The minimum Gasteiger partial charge on any atom is -0.492 e. The molecule has 0 saturated carbocycles. The van der Waals surface area contributed by atoms with E-state index in [2.05, 4.69) is 40.3 Å². The largest absolute Gasteiger partial charge is 0.492 e. The zero-order chi connectivity index (χ0) is 31.8. The number of nitrogens with zero attached hydrogens (tertiary/aromatic N) is 5. The third-order valence-corrected chi connectivity index (χ3v) is 8.24. The van der Waals surface area contributed by atoms with Crippen molar-refractivity contribution >= 4 is 33.4 Å². The number of H-pyrrole nitrogens is 2. The third kappa shape index (κ3) is 6.05. The van der Waals surface area contributed by atoms with Crippen LogP contribution in [-0.2, 0) is 4.79 Å². The summed E-state index contributed by atoms with van der Waals surface area (Å²) in [4.78, 5) is 31.9. The Morgan fingerprint density at radius 2 is 1.78 bits per heavy atom. The molecule has 1 fully saturated rings. The molecule has 1 aliphatic rings. The Labute approximate surface area is 265 Å². The second-order valence-corrected chi connectivity index (χ2v) is 12.7. The normalized spacial score (nSPS) is 13.9. The molecule has 3 N–H and O–H groups in total. The standard InChI is InChI=1S/C35H35FN8O2/c1-35(2,3)34(45)40-24-13-22(18-37-19-24)29-16-27-31(20-39-29)42-43-33(27)30-17-26-28(41-30)6-7-38-32(26)21-12-23(36)15-25(14-21)46-11-10-44-8-4-5-9-44/h6-7,12-20,41H,4-5,8-11H2,1-3H3,(H,40,45)(H,42,43). The Morgan fingerprint density at radius 3 is 2.61 bits per heavy atom. The zero-order valence-corrected chi connectivity index (χ0v) is 26.0. The Morgan fingerprint density at radius 1 is 0.957 bits per heavy atom. The summed E-state index contributed by atoms with van der Waals surface area (Å²) in [5, 5.41) is 12.3. The summed E-state index contributed by atoms with van der Waals surface area (Å²) in [6, 6.07) is 12.4. The number of carbonyl (C=O) groups is 1. The zero-order valence-electron chi connectivity index (χ0n) is 26.0. The lowest BCUT2D eigenvalue weighted by molar-refractivity contribution is -0.123. The van der Waals surface area contributed by atoms with Gasteiger partial charge in [-0.05, 0) is 62.3 Å². The van der Waals surface area contributed by atoms with Gasteiger partial charge in [-0.2, -0.15) is 5.10 Å². The lowest BCUT2D eigenvalue weighted by Gasteiger charge is -2.17. The molecular weight excluding hydrogens is 583 g/mol. The van der Waals surface area contributed by atoms with Gasteiger partial charge in [0.2, 0.25) is 5.91 Å². The third-order valence-electron chi connectivity index (χ3n) is 8.24. The van der Waals surface area contributed by atoms with Crippen molar-refractivity contribution < 1.29 is 13.9 Å². The van der Waals surface area contributed by atoms with Gasteiger partial charge in [-0.1, -0.05) is 20.8 Å². The molecule has 7 rings (SSSR count). The smallest absolute Gasteiger partial charge is 0.229 e. The predicted octanol–water partition coefficient (Wildman–Crippen LogP) is 6.83. The number of carbonyl (C=O) groups excluding carboxylic acids is 1. The van der Waals surface area contributed by atoms with E-state index in [-0.39, 0.29) is 11.7 Å². The molecule has 0 bridgehead atoms. The molecule has 1 saturated heterocycles. The Kier molecular flexibility index (Phi) is 7.69. The lowest BCUT2D eigenvalue weighted by atomic mass is 9.95. The van der Waals surface area contributed by atoms with Crippen LogP contribution in [0.25, 0.3) is 55.7 Å². The van der Waals surface area contributed by atoms with Gasteiger partial charge in [0, 0.05) is 57.8 Å². The molecular formula is C35H35FN8O2. The quantitative estimate of drug-likeness (QED) is 0.171. The molecule has 1 aromatic carbocycles. The predicted molar refractivity (Wildman–Crippen MR) is 177 cm³/mol. The van der Waals surface area contributed by atoms with Gasteiger partial charge in [0.25, 0.3) is 0 Å². The molecule has 0 radical (unpaired) electrons. The number of aromatic amines is 2. The number of amides is 1. The number of ether oxygens (including phenoxy) is 1. The molecule has 6 aromatic rings. The fourth-order valence-electron chi connectivity index (χ4n) is 5.74. The van der Waals surface area contributed by atoms with Crippen LogP contribution >= 0.6 is 0 Å². The van der Waals surface area contributed by atoms with Crippen LogP contribution < -0.4 is 10.1 Å². The number of nitrogens with one attached hydrogen (secondary N) is 3. The van der Waals surface area contributed by atoms with Gasteiger partial charge in [0.05, 0.1) is 40.7 Å². The van der Waals surface area contributed by atoms with Gasteiger partial charge in [-0.15, -0.1) is 0 Å². The maximum absolute atomic E-state index is 14.8. The fraction of sp³-hybridized carbons (Fsp3) is 0.286. The van der Waals surface area contributed by atoms with E-state index in [9.17, 15) is 9.18 Å². The molecule has 1 amide bonds. The minimum atomic E-state index is -0.536. The second kappa shape index (κ2) is 12.0. The Bertz CT molecular complexity index is 2060. The summed E-state index contributed by atoms with van der Waals surface area (Å²) >= 11 is 0. The van der Waals surface area contributed by atoms with E-state index in [1.54, 1.807) is 24.8 Å². The van der Waals surface area contributed by atoms with Crippen LogP contribution in [0.2, 0.25) is 0 Å². The van der Waals surface area contributed by atoms with Crippen molar-refractivity contribution in [3.63, 3.8) is 0 Å². The van der Waals surface area contributed by atoms with Crippen LogP contribution in [-0.4, -0.2) is 67.2 Å². The number of halogens is 1. The van der Waals surface area contributed by atoms with Crippen molar-refractivity contribution in [2.45, 2.75) is 33.6 Å². The van der Waals surface area contributed by atoms with Gasteiger partial charge in [0.1, 0.15) is 23.9 Å². The van der Waals surface area contributed by atoms with E-state index in [1.165, 1.54) is 25.0 Å². The Balaban J connectivity index is 1.19. The highest BCUT2D eigenvalue weighted by Gasteiger charge is 2.22. The monoisotopic (exact) mass is 618 g/mol. The average molecular weight is 619 g/mol. The number of hydrogen-bond donors (Lipinski definition) is 3. The number of anilines is 1. The summed E-state index contributed by atoms with van der Waals surface area (Å²) in [5.74, 6) is 0.0101. The van der Waals surface area contributed by atoms with Crippen molar-refractivity contribution in [3.8, 4) is 39.7 Å². The van der Waals surface area contributed by atoms with Crippen molar-refractivity contribution in [2.24, 2.45) is 5.41 Å². The molecule has 0 spiro atoms. The topological polar surface area (TPSA) is 125 Å². The Hall–Kier alpha value is -5.16. The van der Waals surface area contributed by atoms with Crippen molar-refractivity contribution in [3.05, 3.63) is 73.1 Å². The summed E-state index contributed by atoms with van der Waals surface area (Å²) in [5.41, 5.74) is 5.87. The number of benzene rings is 1. The average Bonchev–Trinajstić information content (AvgIpc) is 3.80. The molecule has 1 aliphatic heterocycles. The first kappa shape index (κ1) is 29.5. The SMILES string of the molecule is CC(C)(C)C(=O)Nc1cncc(-c2cc3c(-c4cc5c(-c6cc(F)cc(OCCN7CCCC7)c6)nccc5[nH]4)n[nH]c3cn2)c1. The number of pyridine rings is 3. The van der Waals surface area contributed by atoms with Gasteiger partial charge in [0.15, 0.2) is 0 Å². The maximum Gasteiger partial charge on any atom is 0.229 e. The molecule has 10 nitrogen and oxygen atoms in total. The van der Waals surface area contributed by atoms with Crippen LogP contribution in [0.5, 0.6) is 5.75 Å². The summed E-state index contributed by atoms with van der Waals surface area (Å²) in [6.07, 6.45) is 9.21. The highest BCUT2D eigenvalue weighted by atomic mass is 19.1. The highest BCUT2D eigenvalue weighted by molar-refractivity contribution is 6.00. The van der Waals surface area contributed by atoms with Gasteiger partial charge >= 0.3 is 0 Å². The van der Waals surface area contributed by atoms with E-state index < -0.39 is 5.41 Å². The van der Waals surface area contributed by atoms with Crippen LogP contribution in [0.3, 0.4) is 0 Å². The number of hydrogen-bond acceptors (Lipinski definition) is 7. The van der Waals surface area contributed by atoms with Crippen LogP contribution in [0.1, 0.15) is 33.6 Å². The highest BCUT2D eigenvalue weighted by Crippen LogP contribution is 2.35. The summed E-state index contributed by atoms with van der Waals surface area (Å²) in [7, 11) is 0. The maximum atomic E-state index is 14.8. The lowest BCUT2D eigenvalue weighted by Crippen LogP contribution is -2.27. The van der Waals surface area contributed by atoms with E-state index >= 15 is 0 Å². The van der Waals surface area contributed by atoms with Crippen molar-refractivity contribution in [1.82, 2.24) is 35.0 Å². The molecule has 46 heavy (non-hydrogen) atoms. The molecule has 6 heterocycles. The first-order valence-electron chi connectivity index (χ1n) is 15.5. The van der Waals surface area contributed by atoms with Crippen LogP contribution in [0.4, 0.5) is 10.1 Å². The number of aromatic nitrogens is 6. The first-order valence-corrected chi connectivity index (χ1v) is 15.5. The molecule has 234 valence electrons. The van der Waals surface area contributed by atoms with Gasteiger partial charge < -0.3 is 15.0 Å². The van der Waals surface area contributed by atoms with E-state index in [4.69, 9.17) is 4.74 Å². The van der Waals surface area contributed by atoms with E-state index in [0.29, 0.717) is 40.7 Å². The summed E-state index contributed by atoms with van der Waals surface area (Å²) in [6.45, 7) is 9.09. The van der Waals surface area contributed by atoms with Crippen molar-refractivity contribution in [1.29, 1.82) is 0 Å². The summed E-state index contributed by atoms with van der Waals surface area (Å²) < 4.78 is 20.8. The van der Waals surface area contributed by atoms with Crippen molar-refractivity contribution in [2.75, 3.05) is 31.6 Å². The van der Waals surface area contributed by atoms with Crippen LogP contribution in [0.15, 0.2) is 67.3 Å². The van der Waals surface area contributed by atoms with Gasteiger partial charge in [-0.3, -0.25) is 29.7 Å². The van der Waals surface area contributed by atoms with Crippen LogP contribution in [0, 0.1) is 11.2 Å². The number of fused-ring (bicyclic) bond motifs is 2. The van der Waals surface area contributed by atoms with Gasteiger partial charge in [-0.25, -0.2) is 4.39 Å². The first-order chi connectivity index (χ1) is 22.2. The van der Waals surface area contributed by atoms with E-state index in [1.807, 2.05) is 51.1 Å². The molecule has 5 aromatic heterocycles. The number of likely N-dealkylation sites (tertiary alicyclic amines) is 1. The minimum absolute atomic E-state index is 0.0980. The van der Waals surface area contributed by atoms with E-state index in [0.717, 1.165) is 52.7 Å². The fourth-order valence-corrected chi connectivity index (χ4v) is 5.74. The molecule has 0 aliphatic carbocycles. The second-order valence-electron chi connectivity index (χ2n) is 12.7. The molecule has 0 atom stereocenters. The number of rotatable bonds is 8. The molecule has 0 unspecified atom stereocenters. The molecule has 11 heteroatoms.